The van der Waals surface area contributed by atoms with Crippen LogP contribution < -0.4 is 10.6 Å². The van der Waals surface area contributed by atoms with E-state index >= 15 is 0 Å². The Morgan fingerprint density at radius 1 is 1.13 bits per heavy atom. The number of nitrogens with zero attached hydrogens (tertiary/aromatic N) is 2. The summed E-state index contributed by atoms with van der Waals surface area (Å²) in [6.07, 6.45) is 5.89. The van der Waals surface area contributed by atoms with E-state index in [1.165, 1.54) is 0 Å². The standard InChI is InChI=1S/C23H23ClN4O3/c1-15-5-2-7-18(24)20(15)21(29)28-19(22(30)31)8-3-6-16-9-11-17(12-10-16)27-23-25-13-4-14-26-23/h2-7,9-14,19,21,28-29H,8H2,1H3,(H,30,31)(H,25,26,27)/b6-3+. The van der Waals surface area contributed by atoms with Gasteiger partial charge in [0.1, 0.15) is 12.3 Å². The molecule has 8 heteroatoms. The number of aliphatic carboxylic acids is 1. The van der Waals surface area contributed by atoms with Crippen molar-refractivity contribution in [1.29, 1.82) is 0 Å². The Labute approximate surface area is 185 Å². The molecule has 3 aromatic rings. The first-order valence-corrected chi connectivity index (χ1v) is 10.0. The van der Waals surface area contributed by atoms with Crippen molar-refractivity contribution in [3.05, 3.63) is 88.7 Å². The maximum atomic E-state index is 11.6. The molecule has 0 radical (unpaired) electrons. The number of hydrogen-bond donors (Lipinski definition) is 4. The monoisotopic (exact) mass is 438 g/mol. The summed E-state index contributed by atoms with van der Waals surface area (Å²) in [5.41, 5.74) is 3.00. The van der Waals surface area contributed by atoms with Crippen LogP contribution >= 0.6 is 11.6 Å². The van der Waals surface area contributed by atoms with Gasteiger partial charge in [0, 0.05) is 28.7 Å². The van der Waals surface area contributed by atoms with Crippen LogP contribution in [0.25, 0.3) is 6.08 Å². The highest BCUT2D eigenvalue weighted by atomic mass is 35.5. The average molecular weight is 439 g/mol. The maximum absolute atomic E-state index is 11.6. The number of carboxylic acid groups (broad SMARTS) is 1. The van der Waals surface area contributed by atoms with Gasteiger partial charge in [0.25, 0.3) is 0 Å². The minimum absolute atomic E-state index is 0.188. The van der Waals surface area contributed by atoms with E-state index in [0.29, 0.717) is 16.5 Å². The lowest BCUT2D eigenvalue weighted by atomic mass is 10.1. The van der Waals surface area contributed by atoms with Crippen molar-refractivity contribution in [2.75, 3.05) is 5.32 Å². The van der Waals surface area contributed by atoms with Gasteiger partial charge in [-0.1, -0.05) is 48.0 Å². The molecule has 31 heavy (non-hydrogen) atoms. The molecule has 0 amide bonds. The van der Waals surface area contributed by atoms with Crippen LogP contribution in [0.2, 0.25) is 5.02 Å². The Balaban J connectivity index is 1.60. The number of carboxylic acids is 1. The van der Waals surface area contributed by atoms with Gasteiger partial charge < -0.3 is 15.5 Å². The molecule has 2 unspecified atom stereocenters. The van der Waals surface area contributed by atoms with Crippen molar-refractivity contribution in [1.82, 2.24) is 15.3 Å². The van der Waals surface area contributed by atoms with Gasteiger partial charge in [-0.15, -0.1) is 0 Å². The number of aliphatic hydroxyl groups is 1. The van der Waals surface area contributed by atoms with Crippen LogP contribution in [0.3, 0.4) is 0 Å². The number of nitrogens with one attached hydrogen (secondary N) is 2. The predicted octanol–water partition coefficient (Wildman–Crippen LogP) is 4.32. The number of aliphatic hydroxyl groups excluding tert-OH is 1. The fourth-order valence-corrected chi connectivity index (χ4v) is 3.34. The van der Waals surface area contributed by atoms with Crippen LogP contribution in [0.1, 0.15) is 29.3 Å². The second kappa shape index (κ2) is 10.7. The molecule has 3 rings (SSSR count). The first-order valence-electron chi connectivity index (χ1n) is 9.66. The number of anilines is 2. The number of aryl methyl sites for hydroxylation is 1. The van der Waals surface area contributed by atoms with Crippen LogP contribution in [0.15, 0.2) is 67.0 Å². The molecule has 0 saturated carbocycles. The number of halogens is 1. The first kappa shape index (κ1) is 22.4. The summed E-state index contributed by atoms with van der Waals surface area (Å²) in [5, 5.41) is 26.2. The van der Waals surface area contributed by atoms with E-state index in [0.717, 1.165) is 16.8 Å². The Kier molecular flexibility index (Phi) is 7.72. The molecule has 4 N–H and O–H groups in total. The van der Waals surface area contributed by atoms with E-state index in [9.17, 15) is 15.0 Å². The SMILES string of the molecule is Cc1cccc(Cl)c1C(O)NC(C/C=C/c1ccc(Nc2ncccn2)cc1)C(=O)O. The minimum atomic E-state index is -1.19. The van der Waals surface area contributed by atoms with E-state index in [1.807, 2.05) is 43.3 Å². The molecule has 0 saturated heterocycles. The van der Waals surface area contributed by atoms with Gasteiger partial charge in [-0.3, -0.25) is 10.1 Å². The molecule has 0 spiro atoms. The van der Waals surface area contributed by atoms with Gasteiger partial charge in [-0.05, 0) is 48.7 Å². The third-order valence-electron chi connectivity index (χ3n) is 4.62. The molecule has 0 aliphatic carbocycles. The van der Waals surface area contributed by atoms with Gasteiger partial charge in [0.05, 0.1) is 0 Å². The fourth-order valence-electron chi connectivity index (χ4n) is 3.02. The second-order valence-corrected chi connectivity index (χ2v) is 7.30. The van der Waals surface area contributed by atoms with Crippen LogP contribution in [-0.4, -0.2) is 32.2 Å². The summed E-state index contributed by atoms with van der Waals surface area (Å²) in [6.45, 7) is 1.81. The van der Waals surface area contributed by atoms with Gasteiger partial charge in [-0.2, -0.15) is 0 Å². The minimum Gasteiger partial charge on any atom is -0.480 e. The molecule has 2 aromatic carbocycles. The van der Waals surface area contributed by atoms with E-state index < -0.39 is 18.2 Å². The summed E-state index contributed by atoms with van der Waals surface area (Å²) in [7, 11) is 0. The number of aromatic nitrogens is 2. The third kappa shape index (κ3) is 6.36. The highest BCUT2D eigenvalue weighted by Crippen LogP contribution is 2.25. The lowest BCUT2D eigenvalue weighted by molar-refractivity contribution is -0.140. The van der Waals surface area contributed by atoms with Gasteiger partial charge in [0.2, 0.25) is 5.95 Å². The Morgan fingerprint density at radius 3 is 2.48 bits per heavy atom. The summed E-state index contributed by atoms with van der Waals surface area (Å²) in [6, 6.07) is 13.6. The highest BCUT2D eigenvalue weighted by Gasteiger charge is 2.22. The van der Waals surface area contributed by atoms with Crippen molar-refractivity contribution in [3.63, 3.8) is 0 Å². The van der Waals surface area contributed by atoms with Crippen molar-refractivity contribution in [2.45, 2.75) is 25.6 Å². The number of hydrogen-bond acceptors (Lipinski definition) is 6. The number of benzene rings is 2. The van der Waals surface area contributed by atoms with Crippen LogP contribution in [0, 0.1) is 6.92 Å². The molecule has 2 atom stereocenters. The number of carbonyl (C=O) groups is 1. The zero-order valence-corrected chi connectivity index (χ0v) is 17.6. The highest BCUT2D eigenvalue weighted by molar-refractivity contribution is 6.31. The smallest absolute Gasteiger partial charge is 0.321 e. The topological polar surface area (TPSA) is 107 Å². The van der Waals surface area contributed by atoms with E-state index in [4.69, 9.17) is 11.6 Å². The van der Waals surface area contributed by atoms with Crippen molar-refractivity contribution in [3.8, 4) is 0 Å². The summed E-state index contributed by atoms with van der Waals surface area (Å²) < 4.78 is 0. The maximum Gasteiger partial charge on any atom is 0.321 e. The molecule has 0 aliphatic heterocycles. The largest absolute Gasteiger partial charge is 0.480 e. The molecule has 7 nitrogen and oxygen atoms in total. The molecule has 0 bridgehead atoms. The van der Waals surface area contributed by atoms with E-state index in [-0.39, 0.29) is 6.42 Å². The molecule has 0 aliphatic rings. The third-order valence-corrected chi connectivity index (χ3v) is 4.95. The van der Waals surface area contributed by atoms with Gasteiger partial charge in [0.15, 0.2) is 0 Å². The van der Waals surface area contributed by atoms with E-state index in [2.05, 4.69) is 20.6 Å². The van der Waals surface area contributed by atoms with Gasteiger partial charge >= 0.3 is 5.97 Å². The Morgan fingerprint density at radius 2 is 1.84 bits per heavy atom. The molecular weight excluding hydrogens is 416 g/mol. The predicted molar refractivity (Wildman–Crippen MR) is 121 cm³/mol. The quantitative estimate of drug-likeness (QED) is 0.368. The van der Waals surface area contributed by atoms with Crippen molar-refractivity contribution < 1.29 is 15.0 Å². The molecule has 160 valence electrons. The lowest BCUT2D eigenvalue weighted by Crippen LogP contribution is -2.39. The second-order valence-electron chi connectivity index (χ2n) is 6.89. The average Bonchev–Trinajstić information content (AvgIpc) is 2.75. The number of rotatable bonds is 9. The summed E-state index contributed by atoms with van der Waals surface area (Å²) >= 11 is 6.16. The zero-order chi connectivity index (χ0) is 22.2. The van der Waals surface area contributed by atoms with Crippen LogP contribution in [0.5, 0.6) is 0 Å². The Hall–Kier alpha value is -3.26. The summed E-state index contributed by atoms with van der Waals surface area (Å²) in [4.78, 5) is 19.9. The lowest BCUT2D eigenvalue weighted by Gasteiger charge is -2.21. The molecular formula is C23H23ClN4O3. The van der Waals surface area contributed by atoms with Crippen molar-refractivity contribution >= 4 is 35.3 Å². The molecule has 0 fully saturated rings. The fraction of sp³-hybridized carbons (Fsp3) is 0.174. The normalized spacial score (nSPS) is 13.1. The van der Waals surface area contributed by atoms with Gasteiger partial charge in [-0.25, -0.2) is 9.97 Å². The molecule has 1 heterocycles. The molecule has 1 aromatic heterocycles. The zero-order valence-electron chi connectivity index (χ0n) is 16.9. The van der Waals surface area contributed by atoms with Crippen LogP contribution in [0.4, 0.5) is 11.6 Å². The first-order chi connectivity index (χ1) is 14.9. The van der Waals surface area contributed by atoms with E-state index in [1.54, 1.807) is 36.7 Å². The van der Waals surface area contributed by atoms with Crippen molar-refractivity contribution in [2.24, 2.45) is 0 Å². The van der Waals surface area contributed by atoms with Crippen LogP contribution in [-0.2, 0) is 4.79 Å². The summed E-state index contributed by atoms with van der Waals surface area (Å²) in [5.74, 6) is -0.552. The Bertz CT molecular complexity index is 1020.